The number of hydrogen-bond acceptors (Lipinski definition) is 5. The lowest BCUT2D eigenvalue weighted by Gasteiger charge is -2.13. The van der Waals surface area contributed by atoms with Crippen LogP contribution in [0.5, 0.6) is 0 Å². The second-order valence-corrected chi connectivity index (χ2v) is 4.06. The zero-order valence-electron chi connectivity index (χ0n) is 10.1. The van der Waals surface area contributed by atoms with Crippen molar-refractivity contribution in [2.45, 2.75) is 19.4 Å². The molecule has 1 saturated heterocycles. The van der Waals surface area contributed by atoms with E-state index >= 15 is 0 Å². The third-order valence-corrected chi connectivity index (χ3v) is 2.77. The van der Waals surface area contributed by atoms with Gasteiger partial charge in [0.05, 0.1) is 0 Å². The Kier molecular flexibility index (Phi) is 3.41. The van der Waals surface area contributed by atoms with Crippen molar-refractivity contribution in [2.75, 3.05) is 30.8 Å². The Morgan fingerprint density at radius 1 is 1.47 bits per heavy atom. The molecule has 1 fully saturated rings. The topological polar surface area (TPSA) is 70.2 Å². The molecule has 0 saturated carbocycles. The number of rotatable bonds is 4. The molecular formula is C11H17N5O. The molecule has 6 nitrogen and oxygen atoms in total. The summed E-state index contributed by atoms with van der Waals surface area (Å²) in [4.78, 5) is 21.6. The van der Waals surface area contributed by atoms with Crippen LogP contribution in [0.25, 0.3) is 0 Å². The van der Waals surface area contributed by atoms with Crippen molar-refractivity contribution in [3.63, 3.8) is 0 Å². The summed E-state index contributed by atoms with van der Waals surface area (Å²) in [7, 11) is 1.81. The van der Waals surface area contributed by atoms with Crippen molar-refractivity contribution < 1.29 is 4.79 Å². The average Bonchev–Trinajstić information content (AvgIpc) is 2.62. The van der Waals surface area contributed by atoms with Gasteiger partial charge < -0.3 is 15.5 Å². The minimum atomic E-state index is -0.163. The number of carbonyl (C=O) groups excluding carboxylic acids is 1. The van der Waals surface area contributed by atoms with E-state index in [9.17, 15) is 4.79 Å². The van der Waals surface area contributed by atoms with Crippen LogP contribution in [0.1, 0.15) is 13.3 Å². The number of likely N-dealkylation sites (tertiary alicyclic amines) is 1. The van der Waals surface area contributed by atoms with E-state index in [0.717, 1.165) is 25.3 Å². The summed E-state index contributed by atoms with van der Waals surface area (Å²) in [5, 5.41) is 6.24. The third-order valence-electron chi connectivity index (χ3n) is 2.77. The van der Waals surface area contributed by atoms with Crippen LogP contribution >= 0.6 is 0 Å². The maximum atomic E-state index is 11.7. The summed E-state index contributed by atoms with van der Waals surface area (Å²) in [6.07, 6.45) is 2.30. The van der Waals surface area contributed by atoms with E-state index < -0.39 is 0 Å². The maximum Gasteiger partial charge on any atom is 0.244 e. The van der Waals surface area contributed by atoms with Crippen LogP contribution < -0.4 is 10.6 Å². The summed E-state index contributed by atoms with van der Waals surface area (Å²) in [6.45, 7) is 3.61. The van der Waals surface area contributed by atoms with Gasteiger partial charge in [0.2, 0.25) is 5.91 Å². The first-order valence-electron chi connectivity index (χ1n) is 5.78. The molecule has 0 aromatic carbocycles. The van der Waals surface area contributed by atoms with Gasteiger partial charge in [0, 0.05) is 26.2 Å². The lowest BCUT2D eigenvalue weighted by molar-refractivity contribution is -0.127. The van der Waals surface area contributed by atoms with E-state index in [1.165, 1.54) is 6.33 Å². The van der Waals surface area contributed by atoms with E-state index in [4.69, 9.17) is 0 Å². The zero-order chi connectivity index (χ0) is 12.3. The lowest BCUT2D eigenvalue weighted by atomic mass is 10.2. The largest absolute Gasteiger partial charge is 0.370 e. The Balaban J connectivity index is 2.03. The van der Waals surface area contributed by atoms with Crippen LogP contribution in [0.2, 0.25) is 0 Å². The van der Waals surface area contributed by atoms with Crippen molar-refractivity contribution >= 4 is 17.5 Å². The molecule has 0 bridgehead atoms. The molecule has 2 heterocycles. The fourth-order valence-corrected chi connectivity index (χ4v) is 1.85. The van der Waals surface area contributed by atoms with Gasteiger partial charge in [-0.05, 0) is 13.3 Å². The van der Waals surface area contributed by atoms with Crippen LogP contribution in [0, 0.1) is 0 Å². The van der Waals surface area contributed by atoms with Crippen molar-refractivity contribution in [3.8, 4) is 0 Å². The standard InChI is InChI=1S/C11H17N5O/c1-3-12-9-6-10(14-7-13-9)15-8-4-5-16(2)11(8)17/h6-8H,3-5H2,1-2H3,(H2,12,13,14,15). The zero-order valence-corrected chi connectivity index (χ0v) is 10.1. The average molecular weight is 235 g/mol. The molecule has 0 radical (unpaired) electrons. The first-order chi connectivity index (χ1) is 8.20. The smallest absolute Gasteiger partial charge is 0.244 e. The molecule has 1 unspecified atom stereocenters. The first-order valence-corrected chi connectivity index (χ1v) is 5.78. The van der Waals surface area contributed by atoms with Gasteiger partial charge in [-0.2, -0.15) is 0 Å². The highest BCUT2D eigenvalue weighted by Gasteiger charge is 2.28. The molecule has 6 heteroatoms. The van der Waals surface area contributed by atoms with E-state index in [1.807, 2.05) is 20.0 Å². The fourth-order valence-electron chi connectivity index (χ4n) is 1.85. The molecule has 0 aliphatic carbocycles. The van der Waals surface area contributed by atoms with Gasteiger partial charge in [-0.25, -0.2) is 9.97 Å². The summed E-state index contributed by atoms with van der Waals surface area (Å²) in [5.41, 5.74) is 0. The predicted molar refractivity (Wildman–Crippen MR) is 65.9 cm³/mol. The van der Waals surface area contributed by atoms with Gasteiger partial charge in [-0.3, -0.25) is 4.79 Å². The number of hydrogen-bond donors (Lipinski definition) is 2. The lowest BCUT2D eigenvalue weighted by Crippen LogP contribution is -2.31. The minimum absolute atomic E-state index is 0.119. The first kappa shape index (κ1) is 11.6. The number of aromatic nitrogens is 2. The second kappa shape index (κ2) is 4.99. The van der Waals surface area contributed by atoms with Gasteiger partial charge in [0.15, 0.2) is 0 Å². The van der Waals surface area contributed by atoms with Gasteiger partial charge in [-0.1, -0.05) is 0 Å². The quantitative estimate of drug-likeness (QED) is 0.797. The highest BCUT2D eigenvalue weighted by Crippen LogP contribution is 2.15. The Morgan fingerprint density at radius 3 is 2.88 bits per heavy atom. The maximum absolute atomic E-state index is 11.7. The number of anilines is 2. The van der Waals surface area contributed by atoms with Crippen LogP contribution in [-0.4, -0.2) is 47.0 Å². The van der Waals surface area contributed by atoms with Gasteiger partial charge in [-0.15, -0.1) is 0 Å². The Morgan fingerprint density at radius 2 is 2.24 bits per heavy atom. The Hall–Kier alpha value is -1.85. The molecule has 2 N–H and O–H groups in total. The molecular weight excluding hydrogens is 218 g/mol. The monoisotopic (exact) mass is 235 g/mol. The summed E-state index contributed by atoms with van der Waals surface area (Å²) in [5.74, 6) is 1.57. The highest BCUT2D eigenvalue weighted by atomic mass is 16.2. The van der Waals surface area contributed by atoms with Crippen LogP contribution in [0.15, 0.2) is 12.4 Å². The fraction of sp³-hybridized carbons (Fsp3) is 0.545. The van der Waals surface area contributed by atoms with Crippen molar-refractivity contribution in [1.82, 2.24) is 14.9 Å². The molecule has 1 aromatic heterocycles. The molecule has 0 spiro atoms. The van der Waals surface area contributed by atoms with Crippen molar-refractivity contribution in [2.24, 2.45) is 0 Å². The molecule has 2 rings (SSSR count). The van der Waals surface area contributed by atoms with Gasteiger partial charge in [0.1, 0.15) is 24.0 Å². The summed E-state index contributed by atoms with van der Waals surface area (Å²) in [6, 6.07) is 1.65. The van der Waals surface area contributed by atoms with Crippen molar-refractivity contribution in [3.05, 3.63) is 12.4 Å². The number of amides is 1. The second-order valence-electron chi connectivity index (χ2n) is 4.06. The van der Waals surface area contributed by atoms with E-state index in [-0.39, 0.29) is 11.9 Å². The minimum Gasteiger partial charge on any atom is -0.370 e. The predicted octanol–water partition coefficient (Wildman–Crippen LogP) is 0.551. The molecule has 1 aliphatic heterocycles. The number of nitrogens with one attached hydrogen (secondary N) is 2. The molecule has 92 valence electrons. The Labute approximate surface area is 100 Å². The number of nitrogens with zero attached hydrogens (tertiary/aromatic N) is 3. The van der Waals surface area contributed by atoms with Crippen LogP contribution in [0.3, 0.4) is 0 Å². The SMILES string of the molecule is CCNc1cc(NC2CCN(C)C2=O)ncn1. The van der Waals surface area contributed by atoms with Gasteiger partial charge >= 0.3 is 0 Å². The molecule has 1 aromatic rings. The normalized spacial score (nSPS) is 19.5. The summed E-state index contributed by atoms with van der Waals surface area (Å²) >= 11 is 0. The van der Waals surface area contributed by atoms with E-state index in [1.54, 1.807) is 4.90 Å². The summed E-state index contributed by atoms with van der Waals surface area (Å²) < 4.78 is 0. The van der Waals surface area contributed by atoms with E-state index in [0.29, 0.717) is 5.82 Å². The number of likely N-dealkylation sites (N-methyl/N-ethyl adjacent to an activating group) is 1. The highest BCUT2D eigenvalue weighted by molar-refractivity contribution is 5.86. The molecule has 17 heavy (non-hydrogen) atoms. The molecule has 1 aliphatic rings. The molecule has 1 atom stereocenters. The van der Waals surface area contributed by atoms with Crippen LogP contribution in [-0.2, 0) is 4.79 Å². The van der Waals surface area contributed by atoms with Gasteiger partial charge in [0.25, 0.3) is 0 Å². The van der Waals surface area contributed by atoms with Crippen molar-refractivity contribution in [1.29, 1.82) is 0 Å². The Bertz CT molecular complexity index is 409. The van der Waals surface area contributed by atoms with E-state index in [2.05, 4.69) is 20.6 Å². The van der Waals surface area contributed by atoms with Crippen LogP contribution in [0.4, 0.5) is 11.6 Å². The molecule has 1 amide bonds. The number of carbonyl (C=O) groups is 1. The third kappa shape index (κ3) is 2.64.